The second-order valence-electron chi connectivity index (χ2n) is 9.88. The van der Waals surface area contributed by atoms with Crippen molar-refractivity contribution >= 4 is 0 Å². The molecule has 0 fully saturated rings. The molecule has 35 heavy (non-hydrogen) atoms. The van der Waals surface area contributed by atoms with Crippen LogP contribution >= 0.6 is 0 Å². The minimum absolute atomic E-state index is 0.170. The van der Waals surface area contributed by atoms with Crippen LogP contribution in [-0.4, -0.2) is 20.1 Å². The first-order valence-corrected chi connectivity index (χ1v) is 13.5. The van der Waals surface area contributed by atoms with E-state index in [4.69, 9.17) is 5.73 Å². The van der Waals surface area contributed by atoms with Gasteiger partial charge in [0.1, 0.15) is 0 Å². The molecule has 5 heteroatoms. The van der Waals surface area contributed by atoms with Crippen molar-refractivity contribution in [3.8, 4) is 0 Å². The second kappa shape index (κ2) is 13.5. The Balaban J connectivity index is 0.000000124. The Morgan fingerprint density at radius 2 is 1.14 bits per heavy atom. The van der Waals surface area contributed by atoms with Crippen molar-refractivity contribution in [1.29, 1.82) is 0 Å². The summed E-state index contributed by atoms with van der Waals surface area (Å²) >= 11 is 0. The number of aryl methyl sites for hydroxylation is 4. The second-order valence-corrected chi connectivity index (χ2v) is 9.88. The Morgan fingerprint density at radius 3 is 1.91 bits per heavy atom. The van der Waals surface area contributed by atoms with E-state index in [1.165, 1.54) is 73.8 Å². The van der Waals surface area contributed by atoms with Crippen LogP contribution in [0.4, 0.5) is 0 Å². The standard InChI is InChI=1S/C10H14N2.C10H13NO.C10H13N/c11-9-6-2-1-4-8-5-3-7-12-10(8)9;12-9-6-2-1-4-8-5-3-7-11-10(8)9;1-2-5-9-6-4-8-11-10(9)7-3-1/h3,5,7,9H,1-2,4,6,11H2;3,5,7,9,12H,1-2,4,6H2;4,6,8H,1-3,5,7H2. The number of rotatable bonds is 0. The highest BCUT2D eigenvalue weighted by Crippen LogP contribution is 2.26. The van der Waals surface area contributed by atoms with E-state index in [0.29, 0.717) is 0 Å². The normalized spacial score (nSPS) is 21.1. The van der Waals surface area contributed by atoms with Crippen LogP contribution in [0.25, 0.3) is 0 Å². The van der Waals surface area contributed by atoms with Crippen molar-refractivity contribution in [1.82, 2.24) is 15.0 Å². The molecule has 3 heterocycles. The van der Waals surface area contributed by atoms with Crippen LogP contribution in [0.3, 0.4) is 0 Å². The van der Waals surface area contributed by atoms with Crippen molar-refractivity contribution < 1.29 is 5.11 Å². The predicted octanol–water partition coefficient (Wildman–Crippen LogP) is 6.00. The first-order chi connectivity index (χ1) is 17.2. The Hall–Kier alpha value is -2.63. The molecule has 0 aliphatic heterocycles. The lowest BCUT2D eigenvalue weighted by atomic mass is 10.1. The van der Waals surface area contributed by atoms with E-state index in [9.17, 15) is 5.11 Å². The molecule has 0 radical (unpaired) electrons. The number of fused-ring (bicyclic) bond motifs is 3. The summed E-state index contributed by atoms with van der Waals surface area (Å²) in [4.78, 5) is 12.9. The van der Waals surface area contributed by atoms with E-state index in [2.05, 4.69) is 33.2 Å². The molecule has 3 N–H and O–H groups in total. The fourth-order valence-electron chi connectivity index (χ4n) is 5.27. The highest BCUT2D eigenvalue weighted by Gasteiger charge is 2.16. The van der Waals surface area contributed by atoms with E-state index in [-0.39, 0.29) is 12.1 Å². The number of pyridine rings is 3. The Bertz CT molecular complexity index is 971. The first-order valence-electron chi connectivity index (χ1n) is 13.5. The van der Waals surface area contributed by atoms with Crippen LogP contribution < -0.4 is 5.73 Å². The van der Waals surface area contributed by atoms with E-state index in [1.54, 1.807) is 6.20 Å². The maximum Gasteiger partial charge on any atom is 0.0962 e. The third-order valence-electron chi connectivity index (χ3n) is 7.25. The molecule has 6 rings (SSSR count). The quantitative estimate of drug-likeness (QED) is 0.392. The van der Waals surface area contributed by atoms with Gasteiger partial charge in [0.25, 0.3) is 0 Å². The summed E-state index contributed by atoms with van der Waals surface area (Å²) in [6.07, 6.45) is 20.6. The molecule has 0 saturated carbocycles. The number of hydrogen-bond donors (Lipinski definition) is 2. The molecule has 3 aliphatic carbocycles. The lowest BCUT2D eigenvalue weighted by Crippen LogP contribution is -2.12. The summed E-state index contributed by atoms with van der Waals surface area (Å²) in [5.41, 5.74) is 13.4. The van der Waals surface area contributed by atoms with E-state index in [1.807, 2.05) is 30.6 Å². The maximum atomic E-state index is 9.68. The topological polar surface area (TPSA) is 84.9 Å². The summed E-state index contributed by atoms with van der Waals surface area (Å²) < 4.78 is 0. The van der Waals surface area contributed by atoms with Gasteiger partial charge in [-0.15, -0.1) is 0 Å². The number of aliphatic hydroxyl groups is 1. The van der Waals surface area contributed by atoms with Crippen LogP contribution in [0.5, 0.6) is 0 Å². The third kappa shape index (κ3) is 7.42. The lowest BCUT2D eigenvalue weighted by Gasteiger charge is -2.09. The third-order valence-corrected chi connectivity index (χ3v) is 7.25. The summed E-state index contributed by atoms with van der Waals surface area (Å²) in [7, 11) is 0. The van der Waals surface area contributed by atoms with Gasteiger partial charge in [0.15, 0.2) is 0 Å². The average molecular weight is 473 g/mol. The molecule has 3 aliphatic rings. The molecule has 3 aromatic rings. The monoisotopic (exact) mass is 472 g/mol. The molecule has 0 saturated heterocycles. The van der Waals surface area contributed by atoms with Crippen LogP contribution in [0.2, 0.25) is 0 Å². The van der Waals surface area contributed by atoms with Gasteiger partial charge in [-0.05, 0) is 99.1 Å². The molecular formula is C30H40N4O. The smallest absolute Gasteiger partial charge is 0.0962 e. The largest absolute Gasteiger partial charge is 0.387 e. The van der Waals surface area contributed by atoms with Crippen molar-refractivity contribution in [3.63, 3.8) is 0 Å². The molecule has 0 amide bonds. The van der Waals surface area contributed by atoms with E-state index >= 15 is 0 Å². The zero-order valence-corrected chi connectivity index (χ0v) is 20.9. The number of aliphatic hydroxyl groups excluding tert-OH is 1. The van der Waals surface area contributed by atoms with Gasteiger partial charge < -0.3 is 10.8 Å². The van der Waals surface area contributed by atoms with Gasteiger partial charge in [-0.2, -0.15) is 0 Å². The molecule has 2 atom stereocenters. The first kappa shape index (κ1) is 25.5. The number of hydrogen-bond acceptors (Lipinski definition) is 5. The average Bonchev–Trinajstić information content (AvgIpc) is 3.34. The summed E-state index contributed by atoms with van der Waals surface area (Å²) in [6, 6.07) is 12.6. The highest BCUT2D eigenvalue weighted by atomic mass is 16.3. The minimum atomic E-state index is -0.330. The van der Waals surface area contributed by atoms with Crippen LogP contribution in [-0.2, 0) is 25.7 Å². The van der Waals surface area contributed by atoms with E-state index < -0.39 is 0 Å². The predicted molar refractivity (Wildman–Crippen MR) is 141 cm³/mol. The zero-order chi connectivity index (χ0) is 24.3. The van der Waals surface area contributed by atoms with Crippen molar-refractivity contribution in [3.05, 3.63) is 88.8 Å². The number of nitrogens with zero attached hydrogens (tertiary/aromatic N) is 3. The van der Waals surface area contributed by atoms with Gasteiger partial charge in [-0.1, -0.05) is 37.5 Å². The summed E-state index contributed by atoms with van der Waals surface area (Å²) in [5, 5.41) is 9.68. The van der Waals surface area contributed by atoms with Crippen molar-refractivity contribution in [2.24, 2.45) is 5.73 Å². The van der Waals surface area contributed by atoms with Crippen molar-refractivity contribution in [2.45, 2.75) is 95.6 Å². The van der Waals surface area contributed by atoms with E-state index in [0.717, 1.165) is 43.5 Å². The van der Waals surface area contributed by atoms with Gasteiger partial charge in [0, 0.05) is 30.3 Å². The fourth-order valence-corrected chi connectivity index (χ4v) is 5.27. The fraction of sp³-hybridized carbons (Fsp3) is 0.500. The van der Waals surface area contributed by atoms with Crippen LogP contribution in [0.1, 0.15) is 104 Å². The molecule has 0 aromatic carbocycles. The lowest BCUT2D eigenvalue weighted by molar-refractivity contribution is 0.162. The van der Waals surface area contributed by atoms with Gasteiger partial charge in [0.2, 0.25) is 0 Å². The van der Waals surface area contributed by atoms with Gasteiger partial charge in [0.05, 0.1) is 17.5 Å². The van der Waals surface area contributed by atoms with Gasteiger partial charge in [-0.25, -0.2) is 0 Å². The Kier molecular flexibility index (Phi) is 9.79. The molecule has 5 nitrogen and oxygen atoms in total. The molecule has 186 valence electrons. The zero-order valence-electron chi connectivity index (χ0n) is 20.9. The highest BCUT2D eigenvalue weighted by molar-refractivity contribution is 5.24. The SMILES string of the molecule is NC1CCCCc2cccnc21.OC1CCCCc2cccnc21.c1cnc2c(c1)CCCCC2. The van der Waals surface area contributed by atoms with Crippen LogP contribution in [0, 0.1) is 0 Å². The minimum Gasteiger partial charge on any atom is -0.387 e. The molecule has 3 aromatic heterocycles. The Morgan fingerprint density at radius 1 is 0.600 bits per heavy atom. The van der Waals surface area contributed by atoms with Gasteiger partial charge >= 0.3 is 0 Å². The van der Waals surface area contributed by atoms with Crippen molar-refractivity contribution in [2.75, 3.05) is 0 Å². The Labute approximate surface area is 210 Å². The molecule has 0 spiro atoms. The van der Waals surface area contributed by atoms with Gasteiger partial charge in [-0.3, -0.25) is 15.0 Å². The molecule has 0 bridgehead atoms. The molecule has 2 unspecified atom stereocenters. The summed E-state index contributed by atoms with van der Waals surface area (Å²) in [6.45, 7) is 0. The summed E-state index contributed by atoms with van der Waals surface area (Å²) in [5.74, 6) is 0. The van der Waals surface area contributed by atoms with Crippen LogP contribution in [0.15, 0.2) is 55.0 Å². The maximum absolute atomic E-state index is 9.68. The molecular weight excluding hydrogens is 432 g/mol. The number of aromatic nitrogens is 3. The number of nitrogens with two attached hydrogens (primary N) is 1.